The molecule has 0 saturated heterocycles. The minimum absolute atomic E-state index is 0.737. The monoisotopic (exact) mass is 342 g/mol. The molecule has 0 N–H and O–H groups in total. The van der Waals surface area contributed by atoms with Crippen molar-refractivity contribution >= 4 is 20.2 Å². The van der Waals surface area contributed by atoms with Crippen molar-refractivity contribution in [3.05, 3.63) is 29.3 Å². The fraction of sp³-hybridized carbons (Fsp3) is 0.667. The Kier molecular flexibility index (Phi) is 9.85. The van der Waals surface area contributed by atoms with Gasteiger partial charge in [-0.15, -0.1) is 0 Å². The Hall–Kier alpha value is -0.513. The number of unbranched alkanes of at least 4 members (excludes halogenated alkanes) is 5. The van der Waals surface area contributed by atoms with Crippen molar-refractivity contribution in [2.75, 3.05) is 6.61 Å². The van der Waals surface area contributed by atoms with Gasteiger partial charge in [0.15, 0.2) is 0 Å². The topological polar surface area (TPSA) is 18.5 Å². The summed E-state index contributed by atoms with van der Waals surface area (Å²) < 4.78 is 12.5. The molecule has 126 valence electrons. The molecule has 4 heteroatoms. The van der Waals surface area contributed by atoms with Crippen LogP contribution in [0.15, 0.2) is 24.3 Å². The second kappa shape index (κ2) is 11.1. The molecule has 1 rings (SSSR count). The highest BCUT2D eigenvalue weighted by atomic mass is 35.5. The zero-order chi connectivity index (χ0) is 16.3. The van der Waals surface area contributed by atoms with Crippen molar-refractivity contribution in [2.45, 2.75) is 71.4 Å². The summed E-state index contributed by atoms with van der Waals surface area (Å²) in [5.41, 5.74) is 0. The maximum absolute atomic E-state index is 6.26. The van der Waals surface area contributed by atoms with Crippen molar-refractivity contribution < 1.29 is 8.85 Å². The highest BCUT2D eigenvalue weighted by molar-refractivity contribution is 6.68. The summed E-state index contributed by atoms with van der Waals surface area (Å²) in [6.45, 7) is 7.42. The van der Waals surface area contributed by atoms with Crippen molar-refractivity contribution in [2.24, 2.45) is 0 Å². The predicted octanol–water partition coefficient (Wildman–Crippen LogP) is 6.58. The number of rotatable bonds is 12. The number of benzene rings is 1. The van der Waals surface area contributed by atoms with E-state index in [1.165, 1.54) is 32.1 Å². The minimum Gasteiger partial charge on any atom is -0.520 e. The summed E-state index contributed by atoms with van der Waals surface area (Å²) in [5.74, 6) is 0.878. The van der Waals surface area contributed by atoms with E-state index in [0.29, 0.717) is 0 Å². The van der Waals surface area contributed by atoms with Crippen LogP contribution in [-0.2, 0) is 4.43 Å². The van der Waals surface area contributed by atoms with Gasteiger partial charge in [-0.25, -0.2) is 0 Å². The molecule has 1 aromatic rings. The third kappa shape index (κ3) is 7.17. The van der Waals surface area contributed by atoms with Crippen molar-refractivity contribution in [1.82, 2.24) is 0 Å². The van der Waals surface area contributed by atoms with Gasteiger partial charge in [0.25, 0.3) is 0 Å². The smallest absolute Gasteiger partial charge is 0.398 e. The Morgan fingerprint density at radius 1 is 0.864 bits per heavy atom. The average molecular weight is 343 g/mol. The van der Waals surface area contributed by atoms with Crippen LogP contribution in [0.1, 0.15) is 59.3 Å². The first kappa shape index (κ1) is 19.5. The first-order valence-corrected chi connectivity index (χ1v) is 11.3. The first-order valence-electron chi connectivity index (χ1n) is 8.74. The number of hydrogen-bond donors (Lipinski definition) is 0. The molecule has 0 saturated carbocycles. The molecule has 0 aromatic heterocycles. The normalized spacial score (nSPS) is 11.6. The van der Waals surface area contributed by atoms with Crippen LogP contribution >= 0.6 is 11.6 Å². The van der Waals surface area contributed by atoms with Crippen LogP contribution in [0.5, 0.6) is 5.75 Å². The van der Waals surface area contributed by atoms with Crippen LogP contribution < -0.4 is 4.43 Å². The fourth-order valence-electron chi connectivity index (χ4n) is 2.49. The molecule has 0 radical (unpaired) electrons. The minimum atomic E-state index is -2.12. The molecule has 1 aromatic carbocycles. The average Bonchev–Trinajstić information content (AvgIpc) is 2.55. The molecule has 22 heavy (non-hydrogen) atoms. The van der Waals surface area contributed by atoms with Crippen LogP contribution in [0.3, 0.4) is 0 Å². The number of hydrogen-bond acceptors (Lipinski definition) is 2. The Morgan fingerprint density at radius 3 is 2.05 bits per heavy atom. The molecule has 2 nitrogen and oxygen atoms in total. The lowest BCUT2D eigenvalue weighted by atomic mass is 10.1. The molecule has 0 atom stereocenters. The van der Waals surface area contributed by atoms with Crippen LogP contribution in [-0.4, -0.2) is 15.2 Å². The van der Waals surface area contributed by atoms with E-state index in [9.17, 15) is 0 Å². The molecule has 0 aliphatic rings. The van der Waals surface area contributed by atoms with E-state index in [4.69, 9.17) is 20.5 Å². The molecule has 0 fully saturated rings. The van der Waals surface area contributed by atoms with Crippen LogP contribution in [0.25, 0.3) is 0 Å². The molecule has 0 unspecified atom stereocenters. The Labute approximate surface area is 142 Å². The molecule has 0 bridgehead atoms. The summed E-state index contributed by atoms with van der Waals surface area (Å²) in [7, 11) is -2.12. The lowest BCUT2D eigenvalue weighted by Gasteiger charge is -2.29. The van der Waals surface area contributed by atoms with E-state index in [1.54, 1.807) is 0 Å². The highest BCUT2D eigenvalue weighted by Gasteiger charge is 2.35. The standard InChI is InChI=1S/C18H31ClO2Si/c1-4-7-8-9-10-11-16-20-22(5-2,6-3)21-18-14-12-17(19)13-15-18/h12-15H,4-11,16H2,1-3H3. The summed E-state index contributed by atoms with van der Waals surface area (Å²) in [6.07, 6.45) is 7.72. The Bertz CT molecular complexity index is 391. The quantitative estimate of drug-likeness (QED) is 0.315. The van der Waals surface area contributed by atoms with Gasteiger partial charge in [0, 0.05) is 11.6 Å². The molecule has 0 spiro atoms. The fourth-order valence-corrected chi connectivity index (χ4v) is 4.95. The van der Waals surface area contributed by atoms with Crippen molar-refractivity contribution in [3.8, 4) is 5.75 Å². The van der Waals surface area contributed by atoms with Gasteiger partial charge < -0.3 is 8.85 Å². The SMILES string of the molecule is CCCCCCCCO[Si](CC)(CC)Oc1ccc(Cl)cc1. The van der Waals surface area contributed by atoms with Gasteiger partial charge in [-0.3, -0.25) is 0 Å². The maximum Gasteiger partial charge on any atom is 0.398 e. The Morgan fingerprint density at radius 2 is 1.45 bits per heavy atom. The summed E-state index contributed by atoms with van der Waals surface area (Å²) in [5, 5.41) is 0.737. The highest BCUT2D eigenvalue weighted by Crippen LogP contribution is 2.25. The van der Waals surface area contributed by atoms with E-state index in [1.807, 2.05) is 24.3 Å². The molecule has 0 amide bonds. The third-order valence-corrected chi connectivity index (χ3v) is 7.80. The van der Waals surface area contributed by atoms with Gasteiger partial charge >= 0.3 is 8.56 Å². The van der Waals surface area contributed by atoms with Crippen LogP contribution in [0.2, 0.25) is 17.1 Å². The lowest BCUT2D eigenvalue weighted by molar-refractivity contribution is 0.230. The van der Waals surface area contributed by atoms with Crippen molar-refractivity contribution in [3.63, 3.8) is 0 Å². The van der Waals surface area contributed by atoms with E-state index >= 15 is 0 Å². The summed E-state index contributed by atoms with van der Waals surface area (Å²) >= 11 is 5.93. The largest absolute Gasteiger partial charge is 0.520 e. The van der Waals surface area contributed by atoms with Gasteiger partial charge in [0.2, 0.25) is 0 Å². The molecule has 0 heterocycles. The number of halogens is 1. The third-order valence-electron chi connectivity index (χ3n) is 4.06. The van der Waals surface area contributed by atoms with Crippen LogP contribution in [0.4, 0.5) is 0 Å². The van der Waals surface area contributed by atoms with E-state index < -0.39 is 8.56 Å². The van der Waals surface area contributed by atoms with Gasteiger partial charge in [-0.05, 0) is 42.8 Å². The molecular formula is C18H31ClO2Si. The first-order chi connectivity index (χ1) is 10.7. The van der Waals surface area contributed by atoms with Gasteiger partial charge in [0.05, 0.1) is 0 Å². The zero-order valence-electron chi connectivity index (χ0n) is 14.4. The second-order valence-electron chi connectivity index (χ2n) is 5.79. The Balaban J connectivity index is 2.40. The molecular weight excluding hydrogens is 312 g/mol. The van der Waals surface area contributed by atoms with Crippen LogP contribution in [0, 0.1) is 0 Å². The second-order valence-corrected chi connectivity index (χ2v) is 9.95. The lowest BCUT2D eigenvalue weighted by Crippen LogP contribution is -2.44. The van der Waals surface area contributed by atoms with Gasteiger partial charge in [-0.2, -0.15) is 0 Å². The van der Waals surface area contributed by atoms with Crippen molar-refractivity contribution in [1.29, 1.82) is 0 Å². The zero-order valence-corrected chi connectivity index (χ0v) is 16.1. The van der Waals surface area contributed by atoms with Gasteiger partial charge in [-0.1, -0.05) is 64.5 Å². The molecule has 0 aliphatic heterocycles. The van der Waals surface area contributed by atoms with E-state index in [2.05, 4.69) is 20.8 Å². The van der Waals surface area contributed by atoms with Gasteiger partial charge in [0.1, 0.15) is 5.75 Å². The van der Waals surface area contributed by atoms with E-state index in [0.717, 1.165) is 35.9 Å². The van der Waals surface area contributed by atoms with E-state index in [-0.39, 0.29) is 0 Å². The predicted molar refractivity (Wildman–Crippen MR) is 98.1 cm³/mol. The summed E-state index contributed by atoms with van der Waals surface area (Å²) in [6, 6.07) is 9.56. The summed E-state index contributed by atoms with van der Waals surface area (Å²) in [4.78, 5) is 0. The maximum atomic E-state index is 6.26. The molecule has 0 aliphatic carbocycles.